The second-order valence-electron chi connectivity index (χ2n) is 8.10. The third-order valence-corrected chi connectivity index (χ3v) is 6.01. The Labute approximate surface area is 165 Å². The van der Waals surface area contributed by atoms with Gasteiger partial charge in [-0.05, 0) is 45.4 Å². The summed E-state index contributed by atoms with van der Waals surface area (Å²) in [5.41, 5.74) is 0.408. The Morgan fingerprint density at radius 1 is 1.29 bits per heavy atom. The monoisotopic (exact) mass is 388 g/mol. The molecule has 152 valence electrons. The summed E-state index contributed by atoms with van der Waals surface area (Å²) in [6, 6.07) is 1.65. The van der Waals surface area contributed by atoms with Crippen molar-refractivity contribution in [2.45, 2.75) is 63.5 Å². The molecule has 2 amide bonds. The summed E-state index contributed by atoms with van der Waals surface area (Å²) >= 11 is 0. The molecule has 2 aliphatic heterocycles. The summed E-state index contributed by atoms with van der Waals surface area (Å²) in [6.07, 6.45) is 6.59. The molecule has 1 saturated carbocycles. The molecule has 28 heavy (non-hydrogen) atoms. The maximum atomic E-state index is 12.6. The number of amides is 2. The molecule has 3 aliphatic rings. The second-order valence-corrected chi connectivity index (χ2v) is 8.10. The first-order chi connectivity index (χ1) is 13.5. The predicted molar refractivity (Wildman–Crippen MR) is 102 cm³/mol. The highest BCUT2D eigenvalue weighted by atomic mass is 16.6. The summed E-state index contributed by atoms with van der Waals surface area (Å²) in [6.45, 7) is 3.16. The summed E-state index contributed by atoms with van der Waals surface area (Å²) < 4.78 is 10.8. The molecular weight excluding hydrogens is 360 g/mol. The van der Waals surface area contributed by atoms with E-state index in [1.807, 2.05) is 13.0 Å². The number of hydrogen-bond donors (Lipinski definition) is 0. The van der Waals surface area contributed by atoms with E-state index in [-0.39, 0.29) is 30.3 Å². The predicted octanol–water partition coefficient (Wildman–Crippen LogP) is 2.75. The Morgan fingerprint density at radius 2 is 2.07 bits per heavy atom. The van der Waals surface area contributed by atoms with Gasteiger partial charge in [-0.1, -0.05) is 6.42 Å². The molecule has 1 spiro atoms. The van der Waals surface area contributed by atoms with Gasteiger partial charge in [-0.15, -0.1) is 0 Å². The lowest BCUT2D eigenvalue weighted by molar-refractivity contribution is -0.136. The number of rotatable bonds is 4. The van der Waals surface area contributed by atoms with Crippen LogP contribution in [0.5, 0.6) is 0 Å². The fourth-order valence-corrected chi connectivity index (χ4v) is 4.66. The molecule has 8 heteroatoms. The third-order valence-electron chi connectivity index (χ3n) is 6.01. The number of methoxy groups -OCH3 is 1. The van der Waals surface area contributed by atoms with Crippen molar-refractivity contribution in [1.29, 1.82) is 0 Å². The molecule has 1 aromatic heterocycles. The zero-order chi connectivity index (χ0) is 19.7. The summed E-state index contributed by atoms with van der Waals surface area (Å²) in [5, 5.41) is 0. The average molecular weight is 388 g/mol. The van der Waals surface area contributed by atoms with E-state index in [0.29, 0.717) is 24.7 Å². The van der Waals surface area contributed by atoms with E-state index in [9.17, 15) is 9.59 Å². The number of ether oxygens (including phenoxy) is 2. The SMILES string of the molecule is COCC(=O)N1CCC[C@H]1c1nc(C)cc(N2CC3(CCCCC3)OC2=O)n1. The van der Waals surface area contributed by atoms with Crippen molar-refractivity contribution in [2.75, 3.05) is 31.7 Å². The number of likely N-dealkylation sites (tertiary alicyclic amines) is 1. The van der Waals surface area contributed by atoms with E-state index in [2.05, 4.69) is 4.98 Å². The van der Waals surface area contributed by atoms with Gasteiger partial charge in [0.05, 0.1) is 12.6 Å². The van der Waals surface area contributed by atoms with Gasteiger partial charge in [0.15, 0.2) is 5.82 Å². The highest BCUT2D eigenvalue weighted by Gasteiger charge is 2.47. The molecule has 8 nitrogen and oxygen atoms in total. The number of aryl methyl sites for hydroxylation is 1. The van der Waals surface area contributed by atoms with Crippen molar-refractivity contribution in [3.8, 4) is 0 Å². The van der Waals surface area contributed by atoms with Gasteiger partial charge in [0.25, 0.3) is 0 Å². The lowest BCUT2D eigenvalue weighted by Gasteiger charge is -2.30. The molecule has 1 atom stereocenters. The second kappa shape index (κ2) is 7.66. The normalized spacial score (nSPS) is 24.1. The minimum atomic E-state index is -0.373. The average Bonchev–Trinajstić information content (AvgIpc) is 3.27. The number of hydrogen-bond acceptors (Lipinski definition) is 6. The van der Waals surface area contributed by atoms with Gasteiger partial charge >= 0.3 is 6.09 Å². The van der Waals surface area contributed by atoms with E-state index < -0.39 is 0 Å². The minimum absolute atomic E-state index is 0.0517. The molecule has 1 aromatic rings. The third kappa shape index (κ3) is 3.57. The van der Waals surface area contributed by atoms with E-state index in [1.54, 1.807) is 9.80 Å². The molecular formula is C20H28N4O4. The molecule has 3 heterocycles. The van der Waals surface area contributed by atoms with Crippen molar-refractivity contribution in [2.24, 2.45) is 0 Å². The van der Waals surface area contributed by atoms with Gasteiger partial charge in [-0.25, -0.2) is 14.8 Å². The van der Waals surface area contributed by atoms with Crippen LogP contribution in [-0.2, 0) is 14.3 Å². The fourth-order valence-electron chi connectivity index (χ4n) is 4.66. The Balaban J connectivity index is 1.59. The summed E-state index contributed by atoms with van der Waals surface area (Å²) in [7, 11) is 1.52. The molecule has 0 aromatic carbocycles. The highest BCUT2D eigenvalue weighted by Crippen LogP contribution is 2.39. The fraction of sp³-hybridized carbons (Fsp3) is 0.700. The smallest absolute Gasteiger partial charge is 0.416 e. The Kier molecular flexibility index (Phi) is 5.23. The van der Waals surface area contributed by atoms with Gasteiger partial charge in [0.1, 0.15) is 18.0 Å². The maximum absolute atomic E-state index is 12.6. The van der Waals surface area contributed by atoms with E-state index >= 15 is 0 Å². The summed E-state index contributed by atoms with van der Waals surface area (Å²) in [4.78, 5) is 37.7. The quantitative estimate of drug-likeness (QED) is 0.788. The molecule has 0 bridgehead atoms. The summed E-state index contributed by atoms with van der Waals surface area (Å²) in [5.74, 6) is 1.11. The van der Waals surface area contributed by atoms with Crippen LogP contribution in [-0.4, -0.2) is 59.3 Å². The van der Waals surface area contributed by atoms with Crippen LogP contribution >= 0.6 is 0 Å². The zero-order valence-electron chi connectivity index (χ0n) is 16.6. The van der Waals surface area contributed by atoms with E-state index in [0.717, 1.165) is 44.2 Å². The molecule has 4 rings (SSSR count). The van der Waals surface area contributed by atoms with Crippen LogP contribution in [0.2, 0.25) is 0 Å². The maximum Gasteiger partial charge on any atom is 0.416 e. The first kappa shape index (κ1) is 19.1. The lowest BCUT2D eigenvalue weighted by Crippen LogP contribution is -2.37. The van der Waals surface area contributed by atoms with Crippen LogP contribution in [0.1, 0.15) is 62.5 Å². The topological polar surface area (TPSA) is 84.9 Å². The molecule has 0 unspecified atom stereocenters. The first-order valence-electron chi connectivity index (χ1n) is 10.2. The van der Waals surface area contributed by atoms with E-state index in [1.165, 1.54) is 13.5 Å². The van der Waals surface area contributed by atoms with Gasteiger partial charge in [-0.2, -0.15) is 0 Å². The standard InChI is InChI=1S/C20H28N4O4/c1-14-11-16(24-13-20(28-19(24)26)8-4-3-5-9-20)22-18(21-14)15-7-6-10-23(15)17(25)12-27-2/h11,15H,3-10,12-13H2,1-2H3/t15-/m0/s1. The lowest BCUT2D eigenvalue weighted by atomic mass is 9.85. The minimum Gasteiger partial charge on any atom is -0.441 e. The van der Waals surface area contributed by atoms with Gasteiger partial charge in [0.2, 0.25) is 5.91 Å². The largest absolute Gasteiger partial charge is 0.441 e. The van der Waals surface area contributed by atoms with Crippen LogP contribution in [0.25, 0.3) is 0 Å². The number of anilines is 1. The van der Waals surface area contributed by atoms with Crippen molar-refractivity contribution >= 4 is 17.8 Å². The van der Waals surface area contributed by atoms with Crippen molar-refractivity contribution < 1.29 is 19.1 Å². The van der Waals surface area contributed by atoms with Gasteiger partial charge < -0.3 is 14.4 Å². The number of aromatic nitrogens is 2. The number of nitrogens with zero attached hydrogens (tertiary/aromatic N) is 4. The Hall–Kier alpha value is -2.22. The zero-order valence-corrected chi connectivity index (χ0v) is 16.6. The molecule has 1 aliphatic carbocycles. The molecule has 2 saturated heterocycles. The van der Waals surface area contributed by atoms with Gasteiger partial charge in [-0.3, -0.25) is 9.69 Å². The molecule has 3 fully saturated rings. The van der Waals surface area contributed by atoms with Crippen LogP contribution in [0.4, 0.5) is 10.6 Å². The van der Waals surface area contributed by atoms with Crippen molar-refractivity contribution in [3.63, 3.8) is 0 Å². The van der Waals surface area contributed by atoms with Crippen LogP contribution in [0, 0.1) is 6.92 Å². The van der Waals surface area contributed by atoms with Crippen LogP contribution in [0.15, 0.2) is 6.07 Å². The van der Waals surface area contributed by atoms with Crippen LogP contribution < -0.4 is 4.90 Å². The van der Waals surface area contributed by atoms with Crippen molar-refractivity contribution in [1.82, 2.24) is 14.9 Å². The first-order valence-corrected chi connectivity index (χ1v) is 10.2. The van der Waals surface area contributed by atoms with Crippen molar-refractivity contribution in [3.05, 3.63) is 17.6 Å². The molecule has 0 radical (unpaired) electrons. The Morgan fingerprint density at radius 3 is 2.82 bits per heavy atom. The Bertz CT molecular complexity index is 763. The van der Waals surface area contributed by atoms with Gasteiger partial charge in [0, 0.05) is 25.4 Å². The van der Waals surface area contributed by atoms with Crippen LogP contribution in [0.3, 0.4) is 0 Å². The number of carbonyl (C=O) groups excluding carboxylic acids is 2. The number of carbonyl (C=O) groups is 2. The van der Waals surface area contributed by atoms with E-state index in [4.69, 9.17) is 14.5 Å². The highest BCUT2D eigenvalue weighted by molar-refractivity contribution is 5.89. The molecule has 0 N–H and O–H groups in total.